The van der Waals surface area contributed by atoms with E-state index in [4.69, 9.17) is 14.2 Å². The molecule has 0 fully saturated rings. The molecule has 0 unspecified atom stereocenters. The Morgan fingerprint density at radius 3 is 1.90 bits per heavy atom. The summed E-state index contributed by atoms with van der Waals surface area (Å²) in [6, 6.07) is 3.55. The van der Waals surface area contributed by atoms with Crippen LogP contribution in [0.2, 0.25) is 0 Å². The predicted molar refractivity (Wildman–Crippen MR) is 75.5 cm³/mol. The van der Waals surface area contributed by atoms with Crippen LogP contribution in [0.1, 0.15) is 12.5 Å². The Morgan fingerprint density at radius 2 is 1.45 bits per heavy atom. The van der Waals surface area contributed by atoms with E-state index >= 15 is 0 Å². The second kappa shape index (κ2) is 7.33. The van der Waals surface area contributed by atoms with Crippen LogP contribution in [0, 0.1) is 0 Å². The number of methoxy groups -OCH3 is 3. The molecule has 6 heteroatoms. The fourth-order valence-corrected chi connectivity index (χ4v) is 1.70. The van der Waals surface area contributed by atoms with Gasteiger partial charge in [-0.05, 0) is 13.0 Å². The molecule has 0 aliphatic carbocycles. The molecule has 0 atom stereocenters. The van der Waals surface area contributed by atoms with Crippen molar-refractivity contribution in [2.75, 3.05) is 34.5 Å². The van der Waals surface area contributed by atoms with Crippen molar-refractivity contribution >= 4 is 0 Å². The zero-order valence-corrected chi connectivity index (χ0v) is 12.4. The average Bonchev–Trinajstić information content (AvgIpc) is 2.51. The molecule has 3 N–H and O–H groups in total. The maximum absolute atomic E-state index is 9.27. The Labute approximate surface area is 119 Å². The lowest BCUT2D eigenvalue weighted by molar-refractivity contribution is 0.103. The van der Waals surface area contributed by atoms with Crippen LogP contribution in [-0.2, 0) is 6.54 Å². The summed E-state index contributed by atoms with van der Waals surface area (Å²) in [7, 11) is 4.69. The lowest BCUT2D eigenvalue weighted by Gasteiger charge is -2.27. The van der Waals surface area contributed by atoms with Crippen molar-refractivity contribution in [3.8, 4) is 17.2 Å². The summed E-state index contributed by atoms with van der Waals surface area (Å²) in [5.41, 5.74) is 0.0938. The van der Waals surface area contributed by atoms with Crippen molar-refractivity contribution < 1.29 is 24.4 Å². The van der Waals surface area contributed by atoms with Gasteiger partial charge in [0, 0.05) is 18.2 Å². The number of ether oxygens (including phenoxy) is 3. The summed E-state index contributed by atoms with van der Waals surface area (Å²) in [6.07, 6.45) is 0. The van der Waals surface area contributed by atoms with Gasteiger partial charge in [-0.2, -0.15) is 0 Å². The highest BCUT2D eigenvalue weighted by Gasteiger charge is 2.22. The van der Waals surface area contributed by atoms with Crippen molar-refractivity contribution in [2.45, 2.75) is 19.0 Å². The summed E-state index contributed by atoms with van der Waals surface area (Å²) in [4.78, 5) is 0. The Hall–Kier alpha value is -1.50. The van der Waals surface area contributed by atoms with Crippen LogP contribution < -0.4 is 19.5 Å². The van der Waals surface area contributed by atoms with Gasteiger partial charge in [0.05, 0.1) is 40.1 Å². The summed E-state index contributed by atoms with van der Waals surface area (Å²) >= 11 is 0. The van der Waals surface area contributed by atoms with E-state index in [0.29, 0.717) is 23.8 Å². The van der Waals surface area contributed by atoms with Crippen molar-refractivity contribution in [3.05, 3.63) is 17.7 Å². The predicted octanol–water partition coefficient (Wildman–Crippen LogP) is 0.545. The van der Waals surface area contributed by atoms with Gasteiger partial charge in [-0.3, -0.25) is 0 Å². The van der Waals surface area contributed by atoms with E-state index in [1.807, 2.05) is 0 Å². The minimum absolute atomic E-state index is 0.168. The molecule has 0 bridgehead atoms. The van der Waals surface area contributed by atoms with Gasteiger partial charge in [-0.15, -0.1) is 0 Å². The second-order valence-electron chi connectivity index (χ2n) is 4.75. The first-order valence-electron chi connectivity index (χ1n) is 6.29. The number of rotatable bonds is 8. The molecule has 1 rings (SSSR count). The first kappa shape index (κ1) is 16.6. The molecule has 0 saturated carbocycles. The lowest BCUT2D eigenvalue weighted by Crippen LogP contribution is -2.48. The zero-order valence-electron chi connectivity index (χ0n) is 12.4. The van der Waals surface area contributed by atoms with E-state index in [0.717, 1.165) is 5.56 Å². The van der Waals surface area contributed by atoms with E-state index in [-0.39, 0.29) is 13.2 Å². The normalized spacial score (nSPS) is 11.3. The van der Waals surface area contributed by atoms with E-state index in [1.165, 1.54) is 0 Å². The fourth-order valence-electron chi connectivity index (χ4n) is 1.70. The summed E-state index contributed by atoms with van der Waals surface area (Å²) < 4.78 is 15.8. The zero-order chi connectivity index (χ0) is 15.2. The van der Waals surface area contributed by atoms with Crippen LogP contribution in [0.3, 0.4) is 0 Å². The van der Waals surface area contributed by atoms with E-state index < -0.39 is 5.54 Å². The van der Waals surface area contributed by atoms with Gasteiger partial charge < -0.3 is 29.7 Å². The maximum Gasteiger partial charge on any atom is 0.164 e. The Balaban J connectivity index is 2.99. The Morgan fingerprint density at radius 1 is 0.950 bits per heavy atom. The van der Waals surface area contributed by atoms with Crippen molar-refractivity contribution in [1.29, 1.82) is 0 Å². The molecule has 0 aromatic heterocycles. The highest BCUT2D eigenvalue weighted by Crippen LogP contribution is 2.34. The van der Waals surface area contributed by atoms with Crippen LogP contribution in [0.15, 0.2) is 12.1 Å². The topological polar surface area (TPSA) is 80.2 Å². The molecular formula is C14H23NO5. The van der Waals surface area contributed by atoms with E-state index in [1.54, 1.807) is 40.4 Å². The molecule has 6 nitrogen and oxygen atoms in total. The van der Waals surface area contributed by atoms with E-state index in [2.05, 4.69) is 5.32 Å². The molecule has 0 aliphatic rings. The molecule has 0 saturated heterocycles. The number of hydrogen-bond donors (Lipinski definition) is 3. The molecule has 1 aromatic carbocycles. The molecule has 20 heavy (non-hydrogen) atoms. The number of aliphatic hydroxyl groups is 2. The molecular weight excluding hydrogens is 262 g/mol. The van der Waals surface area contributed by atoms with Crippen LogP contribution >= 0.6 is 0 Å². The van der Waals surface area contributed by atoms with Crippen LogP contribution in [-0.4, -0.2) is 50.3 Å². The third-order valence-electron chi connectivity index (χ3n) is 3.19. The molecule has 0 amide bonds. The standard InChI is InChI=1S/C14H23NO5/c1-14(8-16,9-17)15-7-10-5-12(19-3)13(20-4)6-11(10)18-2/h5-6,15-17H,7-9H2,1-4H3. The van der Waals surface area contributed by atoms with E-state index in [9.17, 15) is 10.2 Å². The molecule has 114 valence electrons. The van der Waals surface area contributed by atoms with Crippen molar-refractivity contribution in [1.82, 2.24) is 5.32 Å². The highest BCUT2D eigenvalue weighted by molar-refractivity contribution is 5.50. The second-order valence-corrected chi connectivity index (χ2v) is 4.75. The monoisotopic (exact) mass is 285 g/mol. The fraction of sp³-hybridized carbons (Fsp3) is 0.571. The van der Waals surface area contributed by atoms with Crippen molar-refractivity contribution in [3.63, 3.8) is 0 Å². The Bertz CT molecular complexity index is 432. The number of aliphatic hydroxyl groups excluding tert-OH is 2. The third-order valence-corrected chi connectivity index (χ3v) is 3.19. The molecule has 0 aliphatic heterocycles. The SMILES string of the molecule is COc1cc(OC)c(OC)cc1CNC(C)(CO)CO. The molecule has 1 aromatic rings. The first-order chi connectivity index (χ1) is 9.53. The number of nitrogens with one attached hydrogen (secondary N) is 1. The average molecular weight is 285 g/mol. The smallest absolute Gasteiger partial charge is 0.164 e. The molecule has 0 spiro atoms. The lowest BCUT2D eigenvalue weighted by atomic mass is 10.0. The van der Waals surface area contributed by atoms with Crippen LogP contribution in [0.5, 0.6) is 17.2 Å². The molecule has 0 heterocycles. The summed E-state index contributed by atoms with van der Waals surface area (Å²) in [5, 5.41) is 21.6. The van der Waals surface area contributed by atoms with Gasteiger partial charge in [0.15, 0.2) is 11.5 Å². The van der Waals surface area contributed by atoms with Gasteiger partial charge in [-0.1, -0.05) is 0 Å². The largest absolute Gasteiger partial charge is 0.496 e. The minimum Gasteiger partial charge on any atom is -0.496 e. The first-order valence-corrected chi connectivity index (χ1v) is 6.29. The quantitative estimate of drug-likeness (QED) is 0.647. The van der Waals surface area contributed by atoms with Crippen LogP contribution in [0.25, 0.3) is 0 Å². The maximum atomic E-state index is 9.27. The minimum atomic E-state index is -0.752. The third kappa shape index (κ3) is 3.75. The summed E-state index contributed by atoms with van der Waals surface area (Å²) in [6.45, 7) is 1.82. The van der Waals surface area contributed by atoms with Gasteiger partial charge in [0.2, 0.25) is 0 Å². The Kier molecular flexibility index (Phi) is 6.06. The number of hydrogen-bond acceptors (Lipinski definition) is 6. The van der Waals surface area contributed by atoms with Gasteiger partial charge >= 0.3 is 0 Å². The van der Waals surface area contributed by atoms with Crippen molar-refractivity contribution in [2.24, 2.45) is 0 Å². The number of benzene rings is 1. The van der Waals surface area contributed by atoms with Crippen LogP contribution in [0.4, 0.5) is 0 Å². The van der Waals surface area contributed by atoms with Gasteiger partial charge in [0.25, 0.3) is 0 Å². The summed E-state index contributed by atoms with van der Waals surface area (Å²) in [5.74, 6) is 1.83. The van der Waals surface area contributed by atoms with Gasteiger partial charge in [0.1, 0.15) is 5.75 Å². The highest BCUT2D eigenvalue weighted by atomic mass is 16.5. The van der Waals surface area contributed by atoms with Gasteiger partial charge in [-0.25, -0.2) is 0 Å². The molecule has 0 radical (unpaired) electrons.